The van der Waals surface area contributed by atoms with E-state index in [9.17, 15) is 4.79 Å². The van der Waals surface area contributed by atoms with Gasteiger partial charge in [-0.3, -0.25) is 4.79 Å². The Morgan fingerprint density at radius 1 is 1.14 bits per heavy atom. The molecule has 2 aromatic rings. The fourth-order valence-corrected chi connectivity index (χ4v) is 1.77. The summed E-state index contributed by atoms with van der Waals surface area (Å²) in [6, 6.07) is 13.9. The number of rotatable bonds is 5. The minimum Gasteiger partial charge on any atom is -0.484 e. The topological polar surface area (TPSA) is 50.7 Å². The smallest absolute Gasteiger partial charge is 0.277 e. The molecule has 0 saturated heterocycles. The van der Waals surface area contributed by atoms with E-state index in [0.29, 0.717) is 15.8 Å². The van der Waals surface area contributed by atoms with Gasteiger partial charge < -0.3 is 4.74 Å². The van der Waals surface area contributed by atoms with Crippen LogP contribution in [-0.4, -0.2) is 18.7 Å². The molecule has 0 unspecified atom stereocenters. The Morgan fingerprint density at radius 2 is 1.90 bits per heavy atom. The summed E-state index contributed by atoms with van der Waals surface area (Å²) in [5.41, 5.74) is 3.20. The van der Waals surface area contributed by atoms with Gasteiger partial charge in [-0.25, -0.2) is 5.43 Å². The molecule has 0 saturated carbocycles. The monoisotopic (exact) mass is 322 g/mol. The van der Waals surface area contributed by atoms with Crippen molar-refractivity contribution < 1.29 is 9.53 Å². The Bertz CT molecular complexity index is 642. The van der Waals surface area contributed by atoms with Gasteiger partial charge in [-0.1, -0.05) is 41.4 Å². The van der Waals surface area contributed by atoms with Gasteiger partial charge in [0.2, 0.25) is 0 Å². The maximum atomic E-state index is 11.5. The number of carbonyl (C=O) groups excluding carboxylic acids is 1. The van der Waals surface area contributed by atoms with Gasteiger partial charge >= 0.3 is 0 Å². The van der Waals surface area contributed by atoms with E-state index in [1.165, 1.54) is 6.21 Å². The number of nitrogens with one attached hydrogen (secondary N) is 1. The number of amides is 1. The predicted molar refractivity (Wildman–Crippen MR) is 84.1 cm³/mol. The highest BCUT2D eigenvalue weighted by molar-refractivity contribution is 6.30. The molecule has 108 valence electrons. The lowest BCUT2D eigenvalue weighted by atomic mass is 10.2. The van der Waals surface area contributed by atoms with Crippen molar-refractivity contribution in [3.05, 3.63) is 64.1 Å². The van der Waals surface area contributed by atoms with E-state index >= 15 is 0 Å². The van der Waals surface area contributed by atoms with Crippen molar-refractivity contribution in [1.82, 2.24) is 5.43 Å². The number of nitrogens with zero attached hydrogens (tertiary/aromatic N) is 1. The lowest BCUT2D eigenvalue weighted by Gasteiger charge is -2.04. The van der Waals surface area contributed by atoms with E-state index in [-0.39, 0.29) is 12.5 Å². The molecule has 0 aliphatic carbocycles. The number of hydrogen-bond donors (Lipinski definition) is 1. The van der Waals surface area contributed by atoms with Crippen LogP contribution in [0, 0.1) is 0 Å². The summed E-state index contributed by atoms with van der Waals surface area (Å²) < 4.78 is 5.28. The third kappa shape index (κ3) is 5.45. The van der Waals surface area contributed by atoms with Crippen LogP contribution in [0.25, 0.3) is 0 Å². The molecule has 0 aromatic heterocycles. The van der Waals surface area contributed by atoms with Gasteiger partial charge in [0, 0.05) is 10.0 Å². The van der Waals surface area contributed by atoms with Gasteiger partial charge in [-0.05, 0) is 35.9 Å². The molecule has 21 heavy (non-hydrogen) atoms. The van der Waals surface area contributed by atoms with Crippen LogP contribution < -0.4 is 10.2 Å². The van der Waals surface area contributed by atoms with E-state index in [0.717, 1.165) is 5.56 Å². The minimum absolute atomic E-state index is 0.141. The summed E-state index contributed by atoms with van der Waals surface area (Å²) in [6.07, 6.45) is 1.52. The maximum absolute atomic E-state index is 11.5. The van der Waals surface area contributed by atoms with Crippen molar-refractivity contribution in [3.63, 3.8) is 0 Å². The average Bonchev–Trinajstić information content (AvgIpc) is 2.47. The van der Waals surface area contributed by atoms with Gasteiger partial charge in [0.05, 0.1) is 6.21 Å². The van der Waals surface area contributed by atoms with Crippen LogP contribution in [0.4, 0.5) is 0 Å². The molecule has 0 atom stereocenters. The number of ether oxygens (including phenoxy) is 1. The average molecular weight is 323 g/mol. The number of halogens is 2. The summed E-state index contributed by atoms with van der Waals surface area (Å²) in [5, 5.41) is 5.02. The summed E-state index contributed by atoms with van der Waals surface area (Å²) in [7, 11) is 0. The van der Waals surface area contributed by atoms with Crippen LogP contribution in [-0.2, 0) is 4.79 Å². The number of carbonyl (C=O) groups is 1. The van der Waals surface area contributed by atoms with E-state index in [1.54, 1.807) is 48.5 Å². The summed E-state index contributed by atoms with van der Waals surface area (Å²) in [6.45, 7) is -0.141. The first-order valence-electron chi connectivity index (χ1n) is 6.09. The maximum Gasteiger partial charge on any atom is 0.277 e. The van der Waals surface area contributed by atoms with Crippen LogP contribution >= 0.6 is 23.2 Å². The fraction of sp³-hybridized carbons (Fsp3) is 0.0667. The van der Waals surface area contributed by atoms with E-state index in [1.807, 2.05) is 0 Å². The second-order valence-corrected chi connectivity index (χ2v) is 4.96. The molecule has 4 nitrogen and oxygen atoms in total. The molecule has 0 fully saturated rings. The molecule has 0 spiro atoms. The quantitative estimate of drug-likeness (QED) is 0.676. The summed E-state index contributed by atoms with van der Waals surface area (Å²) >= 11 is 11.6. The van der Waals surface area contributed by atoms with Crippen molar-refractivity contribution in [2.24, 2.45) is 5.10 Å². The van der Waals surface area contributed by atoms with E-state index < -0.39 is 0 Å². The second-order valence-electron chi connectivity index (χ2n) is 4.09. The van der Waals surface area contributed by atoms with Crippen molar-refractivity contribution >= 4 is 35.3 Å². The van der Waals surface area contributed by atoms with Crippen LogP contribution in [0.2, 0.25) is 10.0 Å². The number of benzene rings is 2. The van der Waals surface area contributed by atoms with E-state index in [2.05, 4.69) is 10.5 Å². The third-order valence-electron chi connectivity index (χ3n) is 2.44. The molecule has 1 N–H and O–H groups in total. The molecule has 0 radical (unpaired) electrons. The lowest BCUT2D eigenvalue weighted by molar-refractivity contribution is -0.123. The van der Waals surface area contributed by atoms with Crippen molar-refractivity contribution in [3.8, 4) is 5.75 Å². The first kappa shape index (κ1) is 15.4. The fourth-order valence-electron chi connectivity index (χ4n) is 1.47. The number of hydrazone groups is 1. The first-order valence-corrected chi connectivity index (χ1v) is 6.85. The van der Waals surface area contributed by atoms with Crippen LogP contribution in [0.15, 0.2) is 53.6 Å². The first-order chi connectivity index (χ1) is 10.1. The van der Waals surface area contributed by atoms with Crippen molar-refractivity contribution in [1.29, 1.82) is 0 Å². The van der Waals surface area contributed by atoms with Crippen LogP contribution in [0.5, 0.6) is 5.75 Å². The molecule has 0 heterocycles. The molecule has 2 aromatic carbocycles. The highest BCUT2D eigenvalue weighted by atomic mass is 35.5. The van der Waals surface area contributed by atoms with Gasteiger partial charge in [0.15, 0.2) is 6.61 Å². The van der Waals surface area contributed by atoms with Gasteiger partial charge in [0.25, 0.3) is 5.91 Å². The Kier molecular flexibility index (Phi) is 5.60. The molecule has 1 amide bonds. The standard InChI is InChI=1S/C15H12Cl2N2O2/c16-12-6-4-11(5-7-12)9-18-19-15(20)10-21-14-3-1-2-13(17)8-14/h1-9H,10H2,(H,19,20)/b18-9+. The lowest BCUT2D eigenvalue weighted by Crippen LogP contribution is -2.24. The third-order valence-corrected chi connectivity index (χ3v) is 2.93. The minimum atomic E-state index is -0.361. The predicted octanol–water partition coefficient (Wildman–Crippen LogP) is 3.52. The molecule has 0 aliphatic rings. The Labute approximate surface area is 132 Å². The Morgan fingerprint density at radius 3 is 2.62 bits per heavy atom. The van der Waals surface area contributed by atoms with Gasteiger partial charge in [-0.15, -0.1) is 0 Å². The van der Waals surface area contributed by atoms with E-state index in [4.69, 9.17) is 27.9 Å². The second kappa shape index (κ2) is 7.67. The largest absolute Gasteiger partial charge is 0.484 e. The SMILES string of the molecule is O=C(COc1cccc(Cl)c1)N/N=C/c1ccc(Cl)cc1. The summed E-state index contributed by atoms with van der Waals surface area (Å²) in [5.74, 6) is 0.166. The molecule has 6 heteroatoms. The molecule has 0 bridgehead atoms. The van der Waals surface area contributed by atoms with Crippen molar-refractivity contribution in [2.45, 2.75) is 0 Å². The zero-order valence-electron chi connectivity index (χ0n) is 10.9. The number of hydrogen-bond acceptors (Lipinski definition) is 3. The highest BCUT2D eigenvalue weighted by Crippen LogP contribution is 2.16. The van der Waals surface area contributed by atoms with Crippen LogP contribution in [0.3, 0.4) is 0 Å². The van der Waals surface area contributed by atoms with Crippen molar-refractivity contribution in [2.75, 3.05) is 6.61 Å². The zero-order chi connectivity index (χ0) is 15.1. The normalized spacial score (nSPS) is 10.6. The molecular weight excluding hydrogens is 311 g/mol. The summed E-state index contributed by atoms with van der Waals surface area (Å²) in [4.78, 5) is 11.5. The van der Waals surface area contributed by atoms with Crippen LogP contribution in [0.1, 0.15) is 5.56 Å². The Hall–Kier alpha value is -2.04. The zero-order valence-corrected chi connectivity index (χ0v) is 12.4. The molecule has 0 aliphatic heterocycles. The molecule has 2 rings (SSSR count). The van der Waals surface area contributed by atoms with Gasteiger partial charge in [0.1, 0.15) is 5.75 Å². The van der Waals surface area contributed by atoms with Gasteiger partial charge in [-0.2, -0.15) is 5.10 Å². The Balaban J connectivity index is 1.78. The highest BCUT2D eigenvalue weighted by Gasteiger charge is 2.01. The molecular formula is C15H12Cl2N2O2.